The molecule has 1 unspecified atom stereocenters. The minimum Gasteiger partial charge on any atom is -0.324 e. The van der Waals surface area contributed by atoms with Gasteiger partial charge in [-0.3, -0.25) is 28.6 Å². The van der Waals surface area contributed by atoms with Crippen molar-refractivity contribution in [3.05, 3.63) is 61.7 Å². The lowest BCUT2D eigenvalue weighted by Crippen LogP contribution is -2.45. The number of hydrogen-bond donors (Lipinski definition) is 1. The Kier molecular flexibility index (Phi) is 6.61. The van der Waals surface area contributed by atoms with E-state index in [9.17, 15) is 28.1 Å². The van der Waals surface area contributed by atoms with Crippen molar-refractivity contribution < 1.29 is 18.1 Å². The van der Waals surface area contributed by atoms with E-state index in [-0.39, 0.29) is 22.3 Å². The average Bonchev–Trinajstić information content (AvgIpc) is 3.03. The van der Waals surface area contributed by atoms with Gasteiger partial charge in [-0.2, -0.15) is 0 Å². The highest BCUT2D eigenvalue weighted by molar-refractivity contribution is 7.92. The van der Waals surface area contributed by atoms with Crippen molar-refractivity contribution in [2.75, 3.05) is 15.9 Å². The molecule has 0 bridgehead atoms. The van der Waals surface area contributed by atoms with Gasteiger partial charge in [-0.25, -0.2) is 8.42 Å². The van der Waals surface area contributed by atoms with Gasteiger partial charge in [-0.15, -0.1) is 0 Å². The Morgan fingerprint density at radius 2 is 1.85 bits per heavy atom. The predicted molar refractivity (Wildman–Crippen MR) is 130 cm³/mol. The first kappa shape index (κ1) is 24.4. The number of nitro groups is 1. The number of fused-ring (bicyclic) bond motifs is 1. The van der Waals surface area contributed by atoms with Crippen LogP contribution in [0.25, 0.3) is 10.2 Å². The molecule has 1 amide bonds. The number of aryl methyl sites for hydroxylation is 1. The number of nitrogens with zero attached hydrogens (tertiary/aromatic N) is 3. The smallest absolute Gasteiger partial charge is 0.308 e. The Balaban J connectivity index is 1.96. The summed E-state index contributed by atoms with van der Waals surface area (Å²) >= 11 is 1.06. The highest BCUT2D eigenvalue weighted by atomic mass is 32.2. The fraction of sp³-hybridized carbons (Fsp3) is 0.333. The second kappa shape index (κ2) is 8.94. The first-order valence-corrected chi connectivity index (χ1v) is 12.7. The standard InChI is InChI=1S/C21H24N4O6S2/c1-12(2)23-17-9-7-15(10-19(17)32-21(23)27)22-20(26)14(4)24(33(5,30)31)18-11-16(25(28)29)8-6-13(18)3/h6-12,14H,1-5H3,(H,22,26). The van der Waals surface area contributed by atoms with Crippen molar-refractivity contribution in [1.29, 1.82) is 0 Å². The molecule has 1 heterocycles. The maximum Gasteiger partial charge on any atom is 0.308 e. The van der Waals surface area contributed by atoms with E-state index in [2.05, 4.69) is 5.32 Å². The molecule has 10 nitrogen and oxygen atoms in total. The summed E-state index contributed by atoms with van der Waals surface area (Å²) in [6, 6.07) is 7.66. The number of aromatic nitrogens is 1. The van der Waals surface area contributed by atoms with Gasteiger partial charge in [0.25, 0.3) is 5.69 Å². The molecule has 12 heteroatoms. The maximum atomic E-state index is 13.0. The molecule has 1 atom stereocenters. The summed E-state index contributed by atoms with van der Waals surface area (Å²) in [6.07, 6.45) is 0.938. The summed E-state index contributed by atoms with van der Waals surface area (Å²) in [5.74, 6) is -0.624. The molecule has 0 aliphatic carbocycles. The van der Waals surface area contributed by atoms with Crippen LogP contribution < -0.4 is 14.5 Å². The molecule has 0 radical (unpaired) electrons. The normalized spacial score (nSPS) is 12.7. The number of carbonyl (C=O) groups excluding carboxylic acids is 1. The average molecular weight is 493 g/mol. The van der Waals surface area contributed by atoms with Crippen molar-refractivity contribution in [2.24, 2.45) is 0 Å². The number of amides is 1. The van der Waals surface area contributed by atoms with E-state index in [0.29, 0.717) is 16.0 Å². The first-order valence-electron chi connectivity index (χ1n) is 10.0. The predicted octanol–water partition coefficient (Wildman–Crippen LogP) is 3.65. The van der Waals surface area contributed by atoms with E-state index in [1.165, 1.54) is 19.1 Å². The molecule has 3 aromatic rings. The van der Waals surface area contributed by atoms with Crippen molar-refractivity contribution in [1.82, 2.24) is 4.57 Å². The van der Waals surface area contributed by atoms with Crippen LogP contribution in [0.2, 0.25) is 0 Å². The molecule has 0 saturated heterocycles. The van der Waals surface area contributed by atoms with Gasteiger partial charge in [0, 0.05) is 23.9 Å². The van der Waals surface area contributed by atoms with Gasteiger partial charge in [-0.1, -0.05) is 17.4 Å². The van der Waals surface area contributed by atoms with E-state index in [0.717, 1.165) is 33.5 Å². The Hall–Kier alpha value is -3.25. The molecule has 0 aliphatic heterocycles. The van der Waals surface area contributed by atoms with Crippen LogP contribution in [0, 0.1) is 17.0 Å². The van der Waals surface area contributed by atoms with Crippen LogP contribution in [-0.4, -0.2) is 36.1 Å². The monoisotopic (exact) mass is 492 g/mol. The molecule has 176 valence electrons. The van der Waals surface area contributed by atoms with Crippen LogP contribution in [0.5, 0.6) is 0 Å². The number of nitrogens with one attached hydrogen (secondary N) is 1. The van der Waals surface area contributed by atoms with Crippen LogP contribution in [0.3, 0.4) is 0 Å². The molecule has 1 N–H and O–H groups in total. The van der Waals surface area contributed by atoms with Gasteiger partial charge in [0.1, 0.15) is 6.04 Å². The molecule has 1 aromatic heterocycles. The number of non-ortho nitro benzene ring substituents is 1. The number of benzene rings is 2. The molecule has 3 rings (SSSR count). The number of nitro benzene ring substituents is 1. The Labute approximate surface area is 194 Å². The molecule has 33 heavy (non-hydrogen) atoms. The quantitative estimate of drug-likeness (QED) is 0.395. The minimum absolute atomic E-state index is 0.0202. The second-order valence-electron chi connectivity index (χ2n) is 7.97. The number of thiazole rings is 1. The van der Waals surface area contributed by atoms with Crippen molar-refractivity contribution in [2.45, 2.75) is 39.8 Å². The molecular weight excluding hydrogens is 468 g/mol. The number of anilines is 2. The fourth-order valence-electron chi connectivity index (χ4n) is 3.58. The maximum absolute atomic E-state index is 13.0. The lowest BCUT2D eigenvalue weighted by molar-refractivity contribution is -0.384. The topological polar surface area (TPSA) is 132 Å². The molecule has 0 aliphatic rings. The van der Waals surface area contributed by atoms with Crippen LogP contribution >= 0.6 is 11.3 Å². The van der Waals surface area contributed by atoms with Crippen LogP contribution in [-0.2, 0) is 14.8 Å². The van der Waals surface area contributed by atoms with E-state index < -0.39 is 26.9 Å². The highest BCUT2D eigenvalue weighted by Crippen LogP contribution is 2.30. The van der Waals surface area contributed by atoms with E-state index >= 15 is 0 Å². The first-order chi connectivity index (χ1) is 15.3. The zero-order chi connectivity index (χ0) is 24.7. The van der Waals surface area contributed by atoms with Gasteiger partial charge in [-0.05, 0) is 51.5 Å². The number of rotatable bonds is 7. The van der Waals surface area contributed by atoms with Crippen molar-refractivity contribution in [3.8, 4) is 0 Å². The summed E-state index contributed by atoms with van der Waals surface area (Å²) < 4.78 is 28.4. The third kappa shape index (κ3) is 4.91. The van der Waals surface area contributed by atoms with E-state index in [1.54, 1.807) is 29.7 Å². The zero-order valence-electron chi connectivity index (χ0n) is 18.7. The molecule has 0 saturated carbocycles. The van der Waals surface area contributed by atoms with Gasteiger partial charge < -0.3 is 5.32 Å². The lowest BCUT2D eigenvalue weighted by Gasteiger charge is -2.29. The third-order valence-corrected chi connectivity index (χ3v) is 7.27. The Morgan fingerprint density at radius 1 is 1.18 bits per heavy atom. The van der Waals surface area contributed by atoms with E-state index in [4.69, 9.17) is 0 Å². The summed E-state index contributed by atoms with van der Waals surface area (Å²) in [7, 11) is -3.96. The summed E-state index contributed by atoms with van der Waals surface area (Å²) in [5.41, 5.74) is 1.38. The summed E-state index contributed by atoms with van der Waals surface area (Å²) in [6.45, 7) is 6.82. The molecule has 2 aromatic carbocycles. The van der Waals surface area contributed by atoms with Crippen LogP contribution in [0.4, 0.5) is 17.1 Å². The van der Waals surface area contributed by atoms with Gasteiger partial charge in [0.05, 0.1) is 27.1 Å². The van der Waals surface area contributed by atoms with Gasteiger partial charge in [0.2, 0.25) is 15.9 Å². The van der Waals surface area contributed by atoms with Gasteiger partial charge >= 0.3 is 4.87 Å². The van der Waals surface area contributed by atoms with Crippen LogP contribution in [0.15, 0.2) is 41.2 Å². The summed E-state index contributed by atoms with van der Waals surface area (Å²) in [4.78, 5) is 35.7. The Bertz CT molecular complexity index is 1410. The SMILES string of the molecule is Cc1ccc([N+](=O)[O-])cc1N(C(C)C(=O)Nc1ccc2c(c1)sc(=O)n2C(C)C)S(C)(=O)=O. The second-order valence-corrected chi connectivity index (χ2v) is 10.8. The zero-order valence-corrected chi connectivity index (χ0v) is 20.4. The summed E-state index contributed by atoms with van der Waals surface area (Å²) in [5, 5.41) is 13.9. The highest BCUT2D eigenvalue weighted by Gasteiger charge is 2.31. The third-order valence-electron chi connectivity index (χ3n) is 5.13. The molecule has 0 spiro atoms. The fourth-order valence-corrected chi connectivity index (χ4v) is 5.86. The van der Waals surface area contributed by atoms with Crippen molar-refractivity contribution >= 4 is 54.5 Å². The number of carbonyl (C=O) groups is 1. The lowest BCUT2D eigenvalue weighted by atomic mass is 10.1. The van der Waals surface area contributed by atoms with Crippen LogP contribution in [0.1, 0.15) is 32.4 Å². The van der Waals surface area contributed by atoms with E-state index in [1.807, 2.05) is 13.8 Å². The largest absolute Gasteiger partial charge is 0.324 e. The number of sulfonamides is 1. The van der Waals surface area contributed by atoms with Crippen molar-refractivity contribution in [3.63, 3.8) is 0 Å². The van der Waals surface area contributed by atoms with Gasteiger partial charge in [0.15, 0.2) is 0 Å². The molecule has 0 fully saturated rings. The minimum atomic E-state index is -3.96. The molecular formula is C21H24N4O6S2. The Morgan fingerprint density at radius 3 is 2.42 bits per heavy atom. The number of hydrogen-bond acceptors (Lipinski definition) is 7.